The smallest absolute Gasteiger partial charge is 0.328 e. The fraction of sp³-hybridized carbons (Fsp3) is 0.333. The highest BCUT2D eigenvalue weighted by Gasteiger charge is 2.21. The van der Waals surface area contributed by atoms with Gasteiger partial charge in [0.1, 0.15) is 0 Å². The number of aliphatic carboxylic acids is 1. The normalized spacial score (nSPS) is 18.7. The number of morpholine rings is 1. The van der Waals surface area contributed by atoms with Gasteiger partial charge in [-0.2, -0.15) is 0 Å². The molecule has 6 nitrogen and oxygen atoms in total. The van der Waals surface area contributed by atoms with Crippen molar-refractivity contribution in [3.05, 3.63) is 35.9 Å². The molecule has 1 atom stereocenters. The molecule has 1 heterocycles. The van der Waals surface area contributed by atoms with E-state index in [1.165, 1.54) is 6.08 Å². The molecule has 2 amide bonds. The van der Waals surface area contributed by atoms with Crippen LogP contribution >= 0.6 is 0 Å². The molecular formula is C15H18N2O4. The minimum Gasteiger partial charge on any atom is -0.478 e. The molecular weight excluding hydrogens is 272 g/mol. The van der Waals surface area contributed by atoms with Gasteiger partial charge in [0.15, 0.2) is 0 Å². The number of nitrogens with zero attached hydrogens (tertiary/aromatic N) is 1. The van der Waals surface area contributed by atoms with Crippen molar-refractivity contribution in [1.29, 1.82) is 0 Å². The van der Waals surface area contributed by atoms with Crippen LogP contribution < -0.4 is 5.32 Å². The molecule has 0 saturated carbocycles. The number of ether oxygens (including phenoxy) is 1. The van der Waals surface area contributed by atoms with Crippen LogP contribution in [0.3, 0.4) is 0 Å². The molecule has 1 aliphatic heterocycles. The number of hydrogen-bond donors (Lipinski definition) is 2. The summed E-state index contributed by atoms with van der Waals surface area (Å²) in [7, 11) is 0. The largest absolute Gasteiger partial charge is 0.478 e. The van der Waals surface area contributed by atoms with E-state index >= 15 is 0 Å². The van der Waals surface area contributed by atoms with Crippen molar-refractivity contribution >= 4 is 23.8 Å². The predicted octanol–water partition coefficient (Wildman–Crippen LogP) is 2.04. The molecule has 1 aliphatic rings. The van der Waals surface area contributed by atoms with E-state index in [4.69, 9.17) is 9.84 Å². The number of carboxylic acid groups (broad SMARTS) is 1. The summed E-state index contributed by atoms with van der Waals surface area (Å²) in [5.74, 6) is -0.992. The number of carbonyl (C=O) groups is 2. The van der Waals surface area contributed by atoms with Gasteiger partial charge >= 0.3 is 12.0 Å². The summed E-state index contributed by atoms with van der Waals surface area (Å²) in [6.07, 6.45) is 2.62. The standard InChI is InChI=1S/C15H18N2O4/c1-11-10-17(8-9-21-11)15(20)16-13-5-2-12(3-6-13)4-7-14(18)19/h2-7,11H,8-10H2,1H3,(H,16,20)(H,18,19)/b7-4+. The van der Waals surface area contributed by atoms with Gasteiger partial charge in [-0.25, -0.2) is 9.59 Å². The van der Waals surface area contributed by atoms with E-state index in [2.05, 4.69) is 5.32 Å². The molecule has 0 aromatic heterocycles. The Bertz CT molecular complexity index is 539. The molecule has 0 radical (unpaired) electrons. The maximum absolute atomic E-state index is 12.1. The van der Waals surface area contributed by atoms with Crippen LogP contribution in [-0.4, -0.2) is 47.8 Å². The third-order valence-corrected chi connectivity index (χ3v) is 3.11. The van der Waals surface area contributed by atoms with Gasteiger partial charge < -0.3 is 20.1 Å². The Morgan fingerprint density at radius 1 is 1.38 bits per heavy atom. The number of hydrogen-bond acceptors (Lipinski definition) is 3. The first-order valence-corrected chi connectivity index (χ1v) is 6.73. The molecule has 21 heavy (non-hydrogen) atoms. The van der Waals surface area contributed by atoms with Crippen molar-refractivity contribution in [1.82, 2.24) is 4.90 Å². The Morgan fingerprint density at radius 3 is 2.71 bits per heavy atom. The average molecular weight is 290 g/mol. The van der Waals surface area contributed by atoms with Gasteiger partial charge in [0.05, 0.1) is 12.7 Å². The van der Waals surface area contributed by atoms with E-state index in [1.54, 1.807) is 29.2 Å². The lowest BCUT2D eigenvalue weighted by Crippen LogP contribution is -2.46. The third-order valence-electron chi connectivity index (χ3n) is 3.11. The van der Waals surface area contributed by atoms with E-state index in [1.807, 2.05) is 6.92 Å². The van der Waals surface area contributed by atoms with Crippen molar-refractivity contribution in [2.45, 2.75) is 13.0 Å². The van der Waals surface area contributed by atoms with E-state index in [9.17, 15) is 9.59 Å². The lowest BCUT2D eigenvalue weighted by molar-refractivity contribution is -0.131. The Labute approximate surface area is 123 Å². The number of rotatable bonds is 3. The van der Waals surface area contributed by atoms with Crippen molar-refractivity contribution in [3.63, 3.8) is 0 Å². The van der Waals surface area contributed by atoms with Crippen molar-refractivity contribution in [2.75, 3.05) is 25.0 Å². The SMILES string of the molecule is CC1CN(C(=O)Nc2ccc(/C=C/C(=O)O)cc2)CCO1. The summed E-state index contributed by atoms with van der Waals surface area (Å²) < 4.78 is 5.39. The molecule has 2 N–H and O–H groups in total. The number of amides is 2. The number of urea groups is 1. The van der Waals surface area contributed by atoms with E-state index in [0.29, 0.717) is 25.4 Å². The van der Waals surface area contributed by atoms with Crippen LogP contribution in [0, 0.1) is 0 Å². The Balaban J connectivity index is 1.93. The second-order valence-electron chi connectivity index (χ2n) is 4.85. The second-order valence-corrected chi connectivity index (χ2v) is 4.85. The molecule has 112 valence electrons. The minimum absolute atomic E-state index is 0.0491. The summed E-state index contributed by atoms with van der Waals surface area (Å²) in [5.41, 5.74) is 1.43. The molecule has 1 fully saturated rings. The number of carboxylic acids is 1. The van der Waals surface area contributed by atoms with Gasteiger partial charge in [-0.05, 0) is 30.7 Å². The zero-order valence-electron chi connectivity index (χ0n) is 11.8. The topological polar surface area (TPSA) is 78.9 Å². The monoisotopic (exact) mass is 290 g/mol. The predicted molar refractivity (Wildman–Crippen MR) is 79.1 cm³/mol. The van der Waals surface area contributed by atoms with Crippen molar-refractivity contribution in [3.8, 4) is 0 Å². The summed E-state index contributed by atoms with van der Waals surface area (Å²) in [6.45, 7) is 3.64. The first-order chi connectivity index (χ1) is 10.0. The van der Waals surface area contributed by atoms with E-state index in [0.717, 1.165) is 11.6 Å². The maximum atomic E-state index is 12.1. The Morgan fingerprint density at radius 2 is 2.10 bits per heavy atom. The van der Waals surface area contributed by atoms with Crippen LogP contribution in [0.5, 0.6) is 0 Å². The highest BCUT2D eigenvalue weighted by molar-refractivity contribution is 5.90. The van der Waals surface area contributed by atoms with Gasteiger partial charge in [0, 0.05) is 24.9 Å². The number of carbonyl (C=O) groups excluding carboxylic acids is 1. The fourth-order valence-electron chi connectivity index (χ4n) is 2.05. The molecule has 0 aliphatic carbocycles. The van der Waals surface area contributed by atoms with Crippen LogP contribution in [0.4, 0.5) is 10.5 Å². The zero-order chi connectivity index (χ0) is 15.2. The number of benzene rings is 1. The van der Waals surface area contributed by atoms with E-state index in [-0.39, 0.29) is 12.1 Å². The lowest BCUT2D eigenvalue weighted by Gasteiger charge is -2.31. The minimum atomic E-state index is -0.992. The zero-order valence-corrected chi connectivity index (χ0v) is 11.8. The molecule has 1 aromatic carbocycles. The third kappa shape index (κ3) is 4.61. The molecule has 1 unspecified atom stereocenters. The highest BCUT2D eigenvalue weighted by Crippen LogP contribution is 2.13. The quantitative estimate of drug-likeness (QED) is 0.835. The average Bonchev–Trinajstić information content (AvgIpc) is 2.46. The summed E-state index contributed by atoms with van der Waals surface area (Å²) in [4.78, 5) is 24.2. The van der Waals surface area contributed by atoms with Gasteiger partial charge in [-0.3, -0.25) is 0 Å². The van der Waals surface area contributed by atoms with Gasteiger partial charge in [-0.1, -0.05) is 12.1 Å². The molecule has 1 aromatic rings. The summed E-state index contributed by atoms with van der Waals surface area (Å²) in [5, 5.41) is 11.4. The number of anilines is 1. The first-order valence-electron chi connectivity index (χ1n) is 6.73. The molecule has 2 rings (SSSR count). The Kier molecular flexibility index (Phi) is 4.94. The van der Waals surface area contributed by atoms with Crippen LogP contribution in [0.15, 0.2) is 30.3 Å². The number of nitrogens with one attached hydrogen (secondary N) is 1. The van der Waals surface area contributed by atoms with Crippen molar-refractivity contribution in [2.24, 2.45) is 0 Å². The second kappa shape index (κ2) is 6.90. The summed E-state index contributed by atoms with van der Waals surface area (Å²) in [6, 6.07) is 6.82. The van der Waals surface area contributed by atoms with Crippen LogP contribution in [-0.2, 0) is 9.53 Å². The maximum Gasteiger partial charge on any atom is 0.328 e. The van der Waals surface area contributed by atoms with Gasteiger partial charge in [-0.15, -0.1) is 0 Å². The highest BCUT2D eigenvalue weighted by atomic mass is 16.5. The molecule has 0 bridgehead atoms. The fourth-order valence-corrected chi connectivity index (χ4v) is 2.05. The van der Waals surface area contributed by atoms with Crippen LogP contribution in [0.25, 0.3) is 6.08 Å². The van der Waals surface area contributed by atoms with Crippen LogP contribution in [0.1, 0.15) is 12.5 Å². The molecule has 1 saturated heterocycles. The molecule has 0 spiro atoms. The van der Waals surface area contributed by atoms with Crippen LogP contribution in [0.2, 0.25) is 0 Å². The Hall–Kier alpha value is -2.34. The van der Waals surface area contributed by atoms with Crippen molar-refractivity contribution < 1.29 is 19.4 Å². The summed E-state index contributed by atoms with van der Waals surface area (Å²) >= 11 is 0. The molecule has 6 heteroatoms. The van der Waals surface area contributed by atoms with Gasteiger partial charge in [0.25, 0.3) is 0 Å². The van der Waals surface area contributed by atoms with E-state index < -0.39 is 5.97 Å². The van der Waals surface area contributed by atoms with Gasteiger partial charge in [0.2, 0.25) is 0 Å². The lowest BCUT2D eigenvalue weighted by atomic mass is 10.2. The first kappa shape index (κ1) is 15.1.